The summed E-state index contributed by atoms with van der Waals surface area (Å²) < 4.78 is 34.7. The molecule has 9 heteroatoms. The van der Waals surface area contributed by atoms with Gasteiger partial charge in [0.2, 0.25) is 5.89 Å². The largest absolute Gasteiger partial charge is 0.433 e. The summed E-state index contributed by atoms with van der Waals surface area (Å²) in [6.07, 6.45) is 3.85. The van der Waals surface area contributed by atoms with E-state index >= 15 is 0 Å². The lowest BCUT2D eigenvalue weighted by Gasteiger charge is -2.31. The van der Waals surface area contributed by atoms with E-state index in [0.29, 0.717) is 30.7 Å². The quantitative estimate of drug-likeness (QED) is 0.805. The van der Waals surface area contributed by atoms with Crippen LogP contribution in [0.2, 0.25) is 0 Å². The van der Waals surface area contributed by atoms with Gasteiger partial charge in [-0.25, -0.2) is 0 Å². The van der Waals surface area contributed by atoms with E-state index in [1.54, 1.807) is 10.3 Å². The molecule has 3 heterocycles. The van der Waals surface area contributed by atoms with E-state index in [-0.39, 0.29) is 22.5 Å². The summed E-state index contributed by atoms with van der Waals surface area (Å²) in [6.45, 7) is -1.92. The molecule has 0 radical (unpaired) electrons. The van der Waals surface area contributed by atoms with Crippen LogP contribution in [0.25, 0.3) is 0 Å². The highest BCUT2D eigenvalue weighted by molar-refractivity contribution is 7.12. The predicted octanol–water partition coefficient (Wildman–Crippen LogP) is 3.63. The van der Waals surface area contributed by atoms with E-state index in [1.165, 1.54) is 6.07 Å². The number of nitrogens with zero attached hydrogens (tertiary/aromatic N) is 3. The molecule has 134 valence electrons. The number of rotatable bonds is 5. The maximum atomic E-state index is 12.7. The minimum atomic E-state index is -2.95. The van der Waals surface area contributed by atoms with Crippen molar-refractivity contribution in [3.8, 4) is 5.75 Å². The zero-order valence-electron chi connectivity index (χ0n) is 13.4. The summed E-state index contributed by atoms with van der Waals surface area (Å²) in [5.74, 6) is 1.36. The van der Waals surface area contributed by atoms with Crippen LogP contribution in [0.5, 0.6) is 5.75 Å². The Balaban J connectivity index is 1.46. The minimum absolute atomic E-state index is 0.00776. The number of carbonyl (C=O) groups is 1. The third-order valence-corrected chi connectivity index (χ3v) is 5.38. The molecule has 25 heavy (non-hydrogen) atoms. The van der Waals surface area contributed by atoms with Crippen molar-refractivity contribution in [1.82, 2.24) is 15.0 Å². The lowest BCUT2D eigenvalue weighted by Crippen LogP contribution is -2.39. The van der Waals surface area contributed by atoms with Crippen molar-refractivity contribution in [2.45, 2.75) is 44.1 Å². The summed E-state index contributed by atoms with van der Waals surface area (Å²) >= 11 is 1.11. The minimum Gasteiger partial charge on any atom is -0.433 e. The molecule has 6 nitrogen and oxygen atoms in total. The molecular formula is C16H17F2N3O3S. The Labute approximate surface area is 146 Å². The van der Waals surface area contributed by atoms with Gasteiger partial charge in [-0.3, -0.25) is 4.79 Å². The number of carbonyl (C=O) groups excluding carboxylic acids is 1. The van der Waals surface area contributed by atoms with Crippen molar-refractivity contribution in [3.05, 3.63) is 28.0 Å². The smallest absolute Gasteiger partial charge is 0.387 e. The second-order valence-corrected chi connectivity index (χ2v) is 7.26. The number of hydrogen-bond donors (Lipinski definition) is 0. The number of amides is 1. The average Bonchev–Trinajstić information content (AvgIpc) is 3.16. The first kappa shape index (κ1) is 16.4. The summed E-state index contributed by atoms with van der Waals surface area (Å²) in [5.41, 5.74) is 0. The van der Waals surface area contributed by atoms with Gasteiger partial charge in [0.15, 0.2) is 5.82 Å². The van der Waals surface area contributed by atoms with Gasteiger partial charge in [-0.1, -0.05) is 5.16 Å². The molecule has 0 aromatic carbocycles. The van der Waals surface area contributed by atoms with Crippen molar-refractivity contribution in [2.24, 2.45) is 0 Å². The lowest BCUT2D eigenvalue weighted by molar-refractivity contribution is -0.0499. The predicted molar refractivity (Wildman–Crippen MR) is 85.1 cm³/mol. The van der Waals surface area contributed by atoms with Crippen molar-refractivity contribution >= 4 is 17.2 Å². The Morgan fingerprint density at radius 3 is 2.96 bits per heavy atom. The molecule has 2 aromatic rings. The fourth-order valence-electron chi connectivity index (χ4n) is 3.07. The fraction of sp³-hybridized carbons (Fsp3) is 0.562. The van der Waals surface area contributed by atoms with Gasteiger partial charge in [0.1, 0.15) is 10.6 Å². The van der Waals surface area contributed by atoms with Crippen LogP contribution in [0.3, 0.4) is 0 Å². The molecule has 1 aliphatic heterocycles. The lowest BCUT2D eigenvalue weighted by atomic mass is 9.97. The first-order valence-electron chi connectivity index (χ1n) is 8.27. The summed E-state index contributed by atoms with van der Waals surface area (Å²) in [6, 6.07) is 1.40. The molecule has 2 aromatic heterocycles. The average molecular weight is 369 g/mol. The molecule has 1 amide bonds. The van der Waals surface area contributed by atoms with E-state index < -0.39 is 6.61 Å². The third kappa shape index (κ3) is 3.51. The van der Waals surface area contributed by atoms with Crippen LogP contribution in [-0.4, -0.2) is 40.6 Å². The number of piperidine rings is 1. The molecule has 0 bridgehead atoms. The van der Waals surface area contributed by atoms with Crippen LogP contribution < -0.4 is 4.74 Å². The maximum absolute atomic E-state index is 12.7. The van der Waals surface area contributed by atoms with E-state index in [9.17, 15) is 13.6 Å². The standard InChI is InChI=1S/C16H17F2N3O3S/c17-16(18)23-11-5-7-25-12(11)15(22)21-6-1-2-10(8-21)13-19-14(24-20-13)9-3-4-9/h5,7,9-10,16H,1-4,6,8H2. The molecule has 2 aliphatic rings. The van der Waals surface area contributed by atoms with Gasteiger partial charge in [-0.05, 0) is 37.1 Å². The number of hydrogen-bond acceptors (Lipinski definition) is 6. The van der Waals surface area contributed by atoms with Crippen molar-refractivity contribution in [1.29, 1.82) is 0 Å². The molecule has 0 N–H and O–H groups in total. The number of alkyl halides is 2. The van der Waals surface area contributed by atoms with Gasteiger partial charge in [0.25, 0.3) is 5.91 Å². The van der Waals surface area contributed by atoms with Gasteiger partial charge >= 0.3 is 6.61 Å². The van der Waals surface area contributed by atoms with E-state index in [0.717, 1.165) is 37.0 Å². The van der Waals surface area contributed by atoms with Gasteiger partial charge in [0, 0.05) is 24.9 Å². The van der Waals surface area contributed by atoms with Crippen LogP contribution in [0.15, 0.2) is 16.0 Å². The van der Waals surface area contributed by atoms with Gasteiger partial charge in [-0.15, -0.1) is 11.3 Å². The van der Waals surface area contributed by atoms with Crippen molar-refractivity contribution in [3.63, 3.8) is 0 Å². The Kier molecular flexibility index (Phi) is 4.41. The molecule has 1 unspecified atom stereocenters. The number of likely N-dealkylation sites (tertiary alicyclic amines) is 1. The molecule has 1 saturated carbocycles. The number of halogens is 2. The Hall–Kier alpha value is -2.03. The van der Waals surface area contributed by atoms with Crippen LogP contribution >= 0.6 is 11.3 Å². The molecule has 1 saturated heterocycles. The third-order valence-electron chi connectivity index (χ3n) is 4.50. The summed E-state index contributed by atoms with van der Waals surface area (Å²) in [7, 11) is 0. The zero-order chi connectivity index (χ0) is 17.4. The Morgan fingerprint density at radius 1 is 1.36 bits per heavy atom. The van der Waals surface area contributed by atoms with E-state index in [1.807, 2.05) is 0 Å². The first-order valence-corrected chi connectivity index (χ1v) is 9.15. The molecule has 2 fully saturated rings. The van der Waals surface area contributed by atoms with Crippen LogP contribution in [0, 0.1) is 0 Å². The molecule has 4 rings (SSSR count). The highest BCUT2D eigenvalue weighted by Crippen LogP contribution is 2.40. The topological polar surface area (TPSA) is 68.5 Å². The molecule has 1 atom stereocenters. The molecule has 0 spiro atoms. The SMILES string of the molecule is O=C(c1sccc1OC(F)F)N1CCCC(c2noc(C3CC3)n2)C1. The van der Waals surface area contributed by atoms with Crippen LogP contribution in [-0.2, 0) is 0 Å². The van der Waals surface area contributed by atoms with Crippen LogP contribution in [0.4, 0.5) is 8.78 Å². The maximum Gasteiger partial charge on any atom is 0.387 e. The van der Waals surface area contributed by atoms with Crippen LogP contribution in [0.1, 0.15) is 58.9 Å². The van der Waals surface area contributed by atoms with E-state index in [4.69, 9.17) is 4.52 Å². The van der Waals surface area contributed by atoms with Gasteiger partial charge in [0.05, 0.1) is 0 Å². The van der Waals surface area contributed by atoms with Gasteiger partial charge < -0.3 is 14.2 Å². The number of aromatic nitrogens is 2. The van der Waals surface area contributed by atoms with Crippen molar-refractivity contribution in [2.75, 3.05) is 13.1 Å². The molecule has 1 aliphatic carbocycles. The molecular weight excluding hydrogens is 352 g/mol. The Bertz CT molecular complexity index is 759. The second-order valence-electron chi connectivity index (χ2n) is 6.35. The van der Waals surface area contributed by atoms with E-state index in [2.05, 4.69) is 14.9 Å². The monoisotopic (exact) mass is 369 g/mol. The number of ether oxygens (including phenoxy) is 1. The summed E-state index contributed by atoms with van der Waals surface area (Å²) in [4.78, 5) is 19.0. The highest BCUT2D eigenvalue weighted by atomic mass is 32.1. The number of thiophene rings is 1. The van der Waals surface area contributed by atoms with Crippen molar-refractivity contribution < 1.29 is 22.8 Å². The zero-order valence-corrected chi connectivity index (χ0v) is 14.2. The second kappa shape index (κ2) is 6.70. The first-order chi connectivity index (χ1) is 12.1. The highest BCUT2D eigenvalue weighted by Gasteiger charge is 2.33. The fourth-order valence-corrected chi connectivity index (χ4v) is 3.86. The normalized spacial score (nSPS) is 20.9. The van der Waals surface area contributed by atoms with Gasteiger partial charge in [-0.2, -0.15) is 13.8 Å². The summed E-state index contributed by atoms with van der Waals surface area (Å²) in [5, 5.41) is 5.65. The Morgan fingerprint density at radius 2 is 2.20 bits per heavy atom.